The molecule has 2 heteroatoms. The Morgan fingerprint density at radius 1 is 0.389 bits per heavy atom. The molecule has 0 spiro atoms. The minimum atomic E-state index is 0.876. The van der Waals surface area contributed by atoms with Crippen LogP contribution < -0.4 is 0 Å². The fraction of sp³-hybridized carbons (Fsp3) is 0.0385. The minimum absolute atomic E-state index is 0.876. The van der Waals surface area contributed by atoms with Crippen molar-refractivity contribution in [3.8, 4) is 11.1 Å². The van der Waals surface area contributed by atoms with Gasteiger partial charge in [-0.1, -0.05) is 133 Å². The molecule has 0 N–H and O–H groups in total. The van der Waals surface area contributed by atoms with E-state index in [4.69, 9.17) is 8.83 Å². The zero-order valence-corrected chi connectivity index (χ0v) is 29.4. The molecule has 0 unspecified atom stereocenters. The van der Waals surface area contributed by atoms with Gasteiger partial charge in [0.25, 0.3) is 0 Å². The lowest BCUT2D eigenvalue weighted by molar-refractivity contribution is 0.667. The van der Waals surface area contributed by atoms with Crippen LogP contribution in [0.1, 0.15) is 24.0 Å². The number of rotatable bonds is 3. The van der Waals surface area contributed by atoms with Crippen molar-refractivity contribution in [1.82, 2.24) is 0 Å². The van der Waals surface area contributed by atoms with E-state index in [1.54, 1.807) is 0 Å². The summed E-state index contributed by atoms with van der Waals surface area (Å²) < 4.78 is 13.0. The first-order valence-electron chi connectivity index (χ1n) is 18.8. The third kappa shape index (κ3) is 4.28. The number of allylic oxidation sites excluding steroid dienone is 4. The summed E-state index contributed by atoms with van der Waals surface area (Å²) in [6.45, 7) is 0. The van der Waals surface area contributed by atoms with Crippen LogP contribution >= 0.6 is 0 Å². The standard InChI is InChI=1S/C52H32O2/c1-2-13-32-26-35(25-24-31(32)12-1)51-40-20-5-3-18-38(40)50(39-19-4-6-21-41(39)51)34-15-11-14-33(27-34)42-28-45-37-17-8-10-23-48(37)54-52(45)46-30-49-44(29-43(42)46)36-16-7-9-22-47(36)53-49/h1-10,12-14,16-30H,11,15H2. The first kappa shape index (κ1) is 29.7. The van der Waals surface area contributed by atoms with Crippen molar-refractivity contribution in [3.63, 3.8) is 0 Å². The third-order valence-electron chi connectivity index (χ3n) is 11.7. The summed E-state index contributed by atoms with van der Waals surface area (Å²) in [5.41, 5.74) is 11.3. The van der Waals surface area contributed by atoms with E-state index >= 15 is 0 Å². The largest absolute Gasteiger partial charge is 0.456 e. The summed E-state index contributed by atoms with van der Waals surface area (Å²) >= 11 is 0. The first-order chi connectivity index (χ1) is 26.8. The highest BCUT2D eigenvalue weighted by Crippen LogP contribution is 2.47. The van der Waals surface area contributed by atoms with Gasteiger partial charge in [0, 0.05) is 26.9 Å². The SMILES string of the molecule is C1=C(c2c3ccccc3c(-c3ccc4ccccc4c3)c3ccccc23)CCC=C1c1cc2c3ccccc3oc2c2cc3oc4ccccc4c3cc12. The van der Waals surface area contributed by atoms with Crippen molar-refractivity contribution in [2.45, 2.75) is 12.8 Å². The highest BCUT2D eigenvalue weighted by atomic mass is 16.3. The predicted molar refractivity (Wildman–Crippen MR) is 228 cm³/mol. The lowest BCUT2D eigenvalue weighted by atomic mass is 9.82. The average molecular weight is 689 g/mol. The number of hydrogen-bond acceptors (Lipinski definition) is 2. The van der Waals surface area contributed by atoms with Crippen LogP contribution in [0.5, 0.6) is 0 Å². The predicted octanol–water partition coefficient (Wildman–Crippen LogP) is 15.0. The Bertz CT molecular complexity index is 3380. The molecule has 0 radical (unpaired) electrons. The molecule has 9 aromatic carbocycles. The van der Waals surface area contributed by atoms with E-state index in [9.17, 15) is 0 Å². The van der Waals surface area contributed by atoms with Crippen molar-refractivity contribution >= 4 is 98.1 Å². The van der Waals surface area contributed by atoms with Crippen molar-refractivity contribution in [3.05, 3.63) is 181 Å². The van der Waals surface area contributed by atoms with Gasteiger partial charge in [0.2, 0.25) is 0 Å². The van der Waals surface area contributed by atoms with Gasteiger partial charge in [0.15, 0.2) is 0 Å². The van der Waals surface area contributed by atoms with E-state index in [1.165, 1.54) is 71.1 Å². The van der Waals surface area contributed by atoms with Crippen LogP contribution in [-0.4, -0.2) is 0 Å². The maximum Gasteiger partial charge on any atom is 0.143 e. The van der Waals surface area contributed by atoms with Gasteiger partial charge in [-0.3, -0.25) is 0 Å². The van der Waals surface area contributed by atoms with Crippen molar-refractivity contribution in [2.75, 3.05) is 0 Å². The summed E-state index contributed by atoms with van der Waals surface area (Å²) in [7, 11) is 0. The number of furan rings is 2. The molecule has 11 aromatic rings. The molecule has 12 rings (SSSR count). The van der Waals surface area contributed by atoms with Crippen molar-refractivity contribution in [2.24, 2.45) is 0 Å². The molecule has 0 aliphatic heterocycles. The molecular formula is C52H32O2. The van der Waals surface area contributed by atoms with Crippen LogP contribution in [0, 0.1) is 0 Å². The fourth-order valence-electron chi connectivity index (χ4n) is 9.27. The highest BCUT2D eigenvalue weighted by molar-refractivity contribution is 6.23. The summed E-state index contributed by atoms with van der Waals surface area (Å²) in [5.74, 6) is 0. The quantitative estimate of drug-likeness (QED) is 0.173. The second kappa shape index (κ2) is 11.3. The molecule has 0 atom stereocenters. The number of benzene rings is 9. The maximum atomic E-state index is 6.61. The van der Waals surface area contributed by atoms with Crippen LogP contribution in [-0.2, 0) is 0 Å². The summed E-state index contributed by atoms with van der Waals surface area (Å²) in [6.07, 6.45) is 6.82. The summed E-state index contributed by atoms with van der Waals surface area (Å²) in [6, 6.07) is 57.1. The van der Waals surface area contributed by atoms with Gasteiger partial charge in [-0.2, -0.15) is 0 Å². The zero-order valence-electron chi connectivity index (χ0n) is 29.4. The van der Waals surface area contributed by atoms with Gasteiger partial charge in [0.1, 0.15) is 22.3 Å². The number of hydrogen-bond donors (Lipinski definition) is 0. The third-order valence-corrected chi connectivity index (χ3v) is 11.7. The van der Waals surface area contributed by atoms with E-state index in [1.807, 2.05) is 12.1 Å². The molecule has 1 aliphatic rings. The molecule has 252 valence electrons. The second-order valence-electron chi connectivity index (χ2n) is 14.7. The van der Waals surface area contributed by atoms with E-state index in [2.05, 4.69) is 158 Å². The highest BCUT2D eigenvalue weighted by Gasteiger charge is 2.22. The van der Waals surface area contributed by atoms with Gasteiger partial charge in [-0.05, 0) is 120 Å². The molecule has 0 saturated heterocycles. The Morgan fingerprint density at radius 3 is 1.72 bits per heavy atom. The minimum Gasteiger partial charge on any atom is -0.456 e. The van der Waals surface area contributed by atoms with Crippen LogP contribution in [0.3, 0.4) is 0 Å². The Labute approximate surface area is 310 Å². The smallest absolute Gasteiger partial charge is 0.143 e. The van der Waals surface area contributed by atoms with Crippen LogP contribution in [0.15, 0.2) is 179 Å². The molecule has 0 fully saturated rings. The maximum absolute atomic E-state index is 6.61. The van der Waals surface area contributed by atoms with E-state index in [-0.39, 0.29) is 0 Å². The van der Waals surface area contributed by atoms with Crippen molar-refractivity contribution in [1.29, 1.82) is 0 Å². The summed E-state index contributed by atoms with van der Waals surface area (Å²) in [4.78, 5) is 0. The molecule has 1 aliphatic carbocycles. The molecule has 54 heavy (non-hydrogen) atoms. The van der Waals surface area contributed by atoms with Gasteiger partial charge in [0.05, 0.1) is 0 Å². The molecule has 0 saturated carbocycles. The monoisotopic (exact) mass is 688 g/mol. The fourth-order valence-corrected chi connectivity index (χ4v) is 9.27. The summed E-state index contributed by atoms with van der Waals surface area (Å²) in [5, 5.41) is 14.4. The Hall–Kier alpha value is -6.90. The lowest BCUT2D eigenvalue weighted by Gasteiger charge is -2.22. The molecular weight excluding hydrogens is 657 g/mol. The Kier molecular flexibility index (Phi) is 6.20. The van der Waals surface area contributed by atoms with Gasteiger partial charge in [-0.25, -0.2) is 0 Å². The van der Waals surface area contributed by atoms with Gasteiger partial charge >= 0.3 is 0 Å². The second-order valence-corrected chi connectivity index (χ2v) is 14.7. The van der Waals surface area contributed by atoms with E-state index in [0.29, 0.717) is 0 Å². The molecule has 2 heterocycles. The van der Waals surface area contributed by atoms with Crippen LogP contribution in [0.25, 0.3) is 109 Å². The van der Waals surface area contributed by atoms with Crippen LogP contribution in [0.4, 0.5) is 0 Å². The molecule has 2 nitrogen and oxygen atoms in total. The Balaban J connectivity index is 1.12. The van der Waals surface area contributed by atoms with Gasteiger partial charge < -0.3 is 8.83 Å². The molecule has 0 bridgehead atoms. The van der Waals surface area contributed by atoms with E-state index < -0.39 is 0 Å². The zero-order chi connectivity index (χ0) is 35.3. The van der Waals surface area contributed by atoms with Crippen molar-refractivity contribution < 1.29 is 8.83 Å². The van der Waals surface area contributed by atoms with Gasteiger partial charge in [-0.15, -0.1) is 0 Å². The van der Waals surface area contributed by atoms with Crippen LogP contribution in [0.2, 0.25) is 0 Å². The average Bonchev–Trinajstić information content (AvgIpc) is 3.79. The number of fused-ring (bicyclic) bond motifs is 11. The molecule has 2 aromatic heterocycles. The number of para-hydroxylation sites is 2. The first-order valence-corrected chi connectivity index (χ1v) is 18.8. The topological polar surface area (TPSA) is 26.3 Å². The van der Waals surface area contributed by atoms with E-state index in [0.717, 1.165) is 62.1 Å². The Morgan fingerprint density at radius 2 is 0.981 bits per heavy atom. The lowest BCUT2D eigenvalue weighted by Crippen LogP contribution is -1.98. The molecule has 0 amide bonds. The normalized spacial score (nSPS) is 13.6.